The number of rotatable bonds is 11. The zero-order chi connectivity index (χ0) is 29.9. The van der Waals surface area contributed by atoms with E-state index in [4.69, 9.17) is 4.74 Å². The number of nitrogens with one attached hydrogen (secondary N) is 2. The summed E-state index contributed by atoms with van der Waals surface area (Å²) >= 11 is 0. The number of halogens is 3. The van der Waals surface area contributed by atoms with E-state index in [1.165, 1.54) is 18.3 Å². The van der Waals surface area contributed by atoms with Crippen LogP contribution in [-0.2, 0) is 6.18 Å². The summed E-state index contributed by atoms with van der Waals surface area (Å²) in [6.45, 7) is 6.86. The number of aryl methyl sites for hydroxylation is 1. The third kappa shape index (κ3) is 6.69. The minimum atomic E-state index is -4.47. The van der Waals surface area contributed by atoms with Gasteiger partial charge in [-0.3, -0.25) is 4.57 Å². The molecule has 41 heavy (non-hydrogen) atoms. The molecule has 0 saturated heterocycles. The first kappa shape index (κ1) is 29.6. The Balaban J connectivity index is 1.71. The molecule has 2 aromatic heterocycles. The van der Waals surface area contributed by atoms with Crippen molar-refractivity contribution in [1.29, 1.82) is 0 Å². The molecule has 0 amide bonds. The first-order valence-corrected chi connectivity index (χ1v) is 12.7. The highest BCUT2D eigenvalue weighted by atomic mass is 19.4. The number of methoxy groups -OCH3 is 1. The Hall–Kier alpha value is -4.36. The first-order valence-electron chi connectivity index (χ1n) is 12.7. The second kappa shape index (κ2) is 12.0. The average Bonchev–Trinajstić information content (AvgIpc) is 3.26. The van der Waals surface area contributed by atoms with E-state index in [2.05, 4.69) is 37.1 Å². The van der Waals surface area contributed by atoms with Crippen molar-refractivity contribution in [2.45, 2.75) is 19.3 Å². The Labute approximate surface area is 236 Å². The normalized spacial score (nSPS) is 12.4. The molecule has 0 bridgehead atoms. The number of aliphatic hydroxyl groups is 1. The predicted octanol–water partition coefficient (Wildman–Crippen LogP) is 4.81. The average molecular weight is 571 g/mol. The molecule has 4 aromatic rings. The lowest BCUT2D eigenvalue weighted by molar-refractivity contribution is -0.137. The van der Waals surface area contributed by atoms with Crippen LogP contribution in [0.5, 0.6) is 5.75 Å². The quantitative estimate of drug-likeness (QED) is 0.173. The van der Waals surface area contributed by atoms with Crippen molar-refractivity contribution < 1.29 is 23.0 Å². The third-order valence-electron chi connectivity index (χ3n) is 6.40. The maximum atomic E-state index is 13.2. The molecule has 0 fully saturated rings. The van der Waals surface area contributed by atoms with Crippen molar-refractivity contribution in [2.24, 2.45) is 0 Å². The fourth-order valence-electron chi connectivity index (χ4n) is 4.28. The highest BCUT2D eigenvalue weighted by molar-refractivity contribution is 5.81. The van der Waals surface area contributed by atoms with Crippen LogP contribution in [0.25, 0.3) is 16.9 Å². The topological polar surface area (TPSA) is 104 Å². The summed E-state index contributed by atoms with van der Waals surface area (Å²) in [7, 11) is 7.47. The lowest BCUT2D eigenvalue weighted by atomic mass is 10.2. The number of aromatic nitrogens is 4. The molecule has 218 valence electrons. The van der Waals surface area contributed by atoms with Gasteiger partial charge in [0.15, 0.2) is 0 Å². The van der Waals surface area contributed by atoms with Gasteiger partial charge in [-0.05, 0) is 57.4 Å². The van der Waals surface area contributed by atoms with Gasteiger partial charge < -0.3 is 30.3 Å². The number of aliphatic hydroxyl groups excluding tert-OH is 1. The molecular weight excluding hydrogens is 537 g/mol. The third-order valence-corrected chi connectivity index (χ3v) is 6.40. The monoisotopic (exact) mass is 570 g/mol. The highest BCUT2D eigenvalue weighted by Crippen LogP contribution is 2.38. The zero-order valence-corrected chi connectivity index (χ0v) is 23.5. The number of fused-ring (bicyclic) bond motifs is 1. The summed E-state index contributed by atoms with van der Waals surface area (Å²) < 4.78 is 47.0. The fraction of sp³-hybridized carbons (Fsp3) is 0.321. The molecule has 0 aliphatic heterocycles. The van der Waals surface area contributed by atoms with Gasteiger partial charge in [-0.1, -0.05) is 6.58 Å². The van der Waals surface area contributed by atoms with Crippen LogP contribution in [0.15, 0.2) is 55.3 Å². The minimum Gasteiger partial charge on any atom is -0.494 e. The molecule has 1 unspecified atom stereocenters. The molecule has 13 heteroatoms. The standard InChI is InChI=1S/C28H33F3N8O2/c1-7-26(40)34-20-15-21(24(41-6)16-23(20)38(5)13-12-37(3)4)35-27-32-11-10-25(36-27)39-17(2)33-19-14-18(28(29,30)31)8-9-22(19)39/h7-11,14-16,26,34,40H,1,12-13H2,2-6H3,(H,32,35,36). The van der Waals surface area contributed by atoms with Gasteiger partial charge in [-0.2, -0.15) is 18.2 Å². The number of hydrogen-bond acceptors (Lipinski definition) is 9. The Morgan fingerprint density at radius 3 is 2.51 bits per heavy atom. The van der Waals surface area contributed by atoms with Gasteiger partial charge in [-0.15, -0.1) is 0 Å². The SMILES string of the molecule is C=CC(O)Nc1cc(Nc2nccc(-n3c(C)nc4cc(C(F)(F)F)ccc43)n2)c(OC)cc1N(C)CCN(C)C. The summed E-state index contributed by atoms with van der Waals surface area (Å²) in [6.07, 6.45) is -2.55. The fourth-order valence-corrected chi connectivity index (χ4v) is 4.28. The van der Waals surface area contributed by atoms with E-state index >= 15 is 0 Å². The van der Waals surface area contributed by atoms with Crippen LogP contribution >= 0.6 is 0 Å². The number of benzene rings is 2. The van der Waals surface area contributed by atoms with Crippen molar-refractivity contribution >= 4 is 34.0 Å². The smallest absolute Gasteiger partial charge is 0.416 e. The molecule has 0 aliphatic carbocycles. The lowest BCUT2D eigenvalue weighted by Crippen LogP contribution is -2.29. The number of alkyl halides is 3. The van der Waals surface area contributed by atoms with E-state index in [0.717, 1.165) is 30.9 Å². The van der Waals surface area contributed by atoms with E-state index in [1.807, 2.05) is 32.1 Å². The van der Waals surface area contributed by atoms with E-state index in [0.29, 0.717) is 34.3 Å². The van der Waals surface area contributed by atoms with Crippen LogP contribution < -0.4 is 20.3 Å². The maximum absolute atomic E-state index is 13.2. The number of nitrogens with zero attached hydrogens (tertiary/aromatic N) is 6. The van der Waals surface area contributed by atoms with Crippen LogP contribution in [0.3, 0.4) is 0 Å². The second-order valence-electron chi connectivity index (χ2n) is 9.68. The van der Waals surface area contributed by atoms with Crippen molar-refractivity contribution in [3.05, 3.63) is 66.6 Å². The molecule has 0 spiro atoms. The molecule has 10 nitrogen and oxygen atoms in total. The van der Waals surface area contributed by atoms with E-state index in [-0.39, 0.29) is 11.5 Å². The lowest BCUT2D eigenvalue weighted by Gasteiger charge is -2.27. The van der Waals surface area contributed by atoms with Gasteiger partial charge in [0.2, 0.25) is 5.95 Å². The summed E-state index contributed by atoms with van der Waals surface area (Å²) in [5.74, 6) is 1.62. The largest absolute Gasteiger partial charge is 0.494 e. The summed E-state index contributed by atoms with van der Waals surface area (Å²) in [5.41, 5.74) is 1.85. The highest BCUT2D eigenvalue weighted by Gasteiger charge is 2.31. The number of likely N-dealkylation sites (N-methyl/N-ethyl adjacent to an activating group) is 2. The Kier molecular flexibility index (Phi) is 8.69. The van der Waals surface area contributed by atoms with Crippen molar-refractivity contribution in [3.63, 3.8) is 0 Å². The maximum Gasteiger partial charge on any atom is 0.416 e. The Morgan fingerprint density at radius 1 is 1.10 bits per heavy atom. The van der Waals surface area contributed by atoms with Crippen molar-refractivity contribution in [3.8, 4) is 11.6 Å². The Bertz CT molecular complexity index is 1540. The molecule has 2 aromatic carbocycles. The predicted molar refractivity (Wildman–Crippen MR) is 154 cm³/mol. The second-order valence-corrected chi connectivity index (χ2v) is 9.68. The molecule has 1 atom stereocenters. The van der Waals surface area contributed by atoms with Crippen molar-refractivity contribution in [1.82, 2.24) is 24.4 Å². The summed E-state index contributed by atoms with van der Waals surface area (Å²) in [4.78, 5) is 17.4. The number of imidazole rings is 1. The van der Waals surface area contributed by atoms with E-state index in [1.54, 1.807) is 30.7 Å². The van der Waals surface area contributed by atoms with Crippen molar-refractivity contribution in [2.75, 3.05) is 56.9 Å². The first-order chi connectivity index (χ1) is 19.4. The zero-order valence-electron chi connectivity index (χ0n) is 23.5. The summed E-state index contributed by atoms with van der Waals surface area (Å²) in [6, 6.07) is 8.68. The molecule has 3 N–H and O–H groups in total. The number of ether oxygens (including phenoxy) is 1. The van der Waals surface area contributed by atoms with Gasteiger partial charge >= 0.3 is 6.18 Å². The van der Waals surface area contributed by atoms with E-state index in [9.17, 15) is 18.3 Å². The van der Waals surface area contributed by atoms with Crippen LogP contribution in [0.1, 0.15) is 11.4 Å². The van der Waals surface area contributed by atoms with Gasteiger partial charge in [-0.25, -0.2) is 9.97 Å². The van der Waals surface area contributed by atoms with Gasteiger partial charge in [0.25, 0.3) is 0 Å². The van der Waals surface area contributed by atoms with Crippen LogP contribution in [-0.4, -0.2) is 77.1 Å². The molecule has 0 saturated carbocycles. The molecule has 2 heterocycles. The van der Waals surface area contributed by atoms with Gasteiger partial charge in [0.05, 0.1) is 40.8 Å². The molecular formula is C28H33F3N8O2. The Morgan fingerprint density at radius 2 is 1.85 bits per heavy atom. The van der Waals surface area contributed by atoms with Crippen LogP contribution in [0, 0.1) is 6.92 Å². The van der Waals surface area contributed by atoms with Crippen LogP contribution in [0.4, 0.5) is 36.2 Å². The molecule has 4 rings (SSSR count). The molecule has 0 radical (unpaired) electrons. The summed E-state index contributed by atoms with van der Waals surface area (Å²) in [5, 5.41) is 16.5. The van der Waals surface area contributed by atoms with Crippen LogP contribution in [0.2, 0.25) is 0 Å². The van der Waals surface area contributed by atoms with E-state index < -0.39 is 18.0 Å². The minimum absolute atomic E-state index is 0.206. The van der Waals surface area contributed by atoms with Gasteiger partial charge in [0.1, 0.15) is 23.6 Å². The molecule has 0 aliphatic rings. The number of hydrogen-bond donors (Lipinski definition) is 3. The van der Waals surface area contributed by atoms with Gasteiger partial charge in [0, 0.05) is 32.4 Å². The number of anilines is 4.